The number of rotatable bonds is 1. The molecule has 1 aromatic heterocycles. The summed E-state index contributed by atoms with van der Waals surface area (Å²) in [6.45, 7) is 4.42. The van der Waals surface area contributed by atoms with Gasteiger partial charge in [0.1, 0.15) is 11.6 Å². The molecule has 0 radical (unpaired) electrons. The van der Waals surface area contributed by atoms with Gasteiger partial charge in [0, 0.05) is 38.9 Å². The lowest BCUT2D eigenvalue weighted by Gasteiger charge is -2.31. The Morgan fingerprint density at radius 3 is 2.89 bits per heavy atom. The van der Waals surface area contributed by atoms with Crippen LogP contribution in [0, 0.1) is 0 Å². The van der Waals surface area contributed by atoms with Crippen LogP contribution in [0.3, 0.4) is 0 Å². The van der Waals surface area contributed by atoms with Gasteiger partial charge in [-0.15, -0.1) is 10.2 Å². The monoisotopic (exact) mass is 262 g/mol. The van der Waals surface area contributed by atoms with Crippen molar-refractivity contribution in [3.63, 3.8) is 0 Å². The Balaban J connectivity index is 1.82. The van der Waals surface area contributed by atoms with E-state index in [0.29, 0.717) is 5.92 Å². The molecule has 5 heteroatoms. The molecule has 1 fully saturated rings. The minimum Gasteiger partial charge on any atom is -0.342 e. The smallest absolute Gasteiger partial charge is 0.219 e. The summed E-state index contributed by atoms with van der Waals surface area (Å²) in [5.41, 5.74) is 0. The topological polar surface area (TPSA) is 51.0 Å². The second-order valence-electron chi connectivity index (χ2n) is 5.74. The highest BCUT2D eigenvalue weighted by molar-refractivity contribution is 5.73. The first-order valence-electron chi connectivity index (χ1n) is 7.43. The quantitative estimate of drug-likeness (QED) is 0.774. The fourth-order valence-corrected chi connectivity index (χ4v) is 3.28. The number of carbonyl (C=O) groups excluding carboxylic acids is 1. The average Bonchev–Trinajstić information content (AvgIpc) is 2.68. The zero-order chi connectivity index (χ0) is 13.2. The van der Waals surface area contributed by atoms with Crippen LogP contribution in [-0.2, 0) is 17.8 Å². The van der Waals surface area contributed by atoms with Crippen molar-refractivity contribution in [2.75, 3.05) is 13.1 Å². The second-order valence-corrected chi connectivity index (χ2v) is 5.74. The van der Waals surface area contributed by atoms with Crippen molar-refractivity contribution in [2.45, 2.75) is 57.9 Å². The van der Waals surface area contributed by atoms with Gasteiger partial charge >= 0.3 is 0 Å². The third kappa shape index (κ3) is 2.51. The molecule has 0 aromatic carbocycles. The number of carbonyl (C=O) groups is 1. The Hall–Kier alpha value is -1.39. The number of hydrogen-bond acceptors (Lipinski definition) is 3. The van der Waals surface area contributed by atoms with Crippen LogP contribution in [-0.4, -0.2) is 38.7 Å². The highest BCUT2D eigenvalue weighted by atomic mass is 16.2. The molecule has 0 spiro atoms. The van der Waals surface area contributed by atoms with E-state index in [1.165, 1.54) is 19.3 Å². The molecule has 1 saturated heterocycles. The van der Waals surface area contributed by atoms with E-state index in [9.17, 15) is 4.79 Å². The molecule has 1 atom stereocenters. The molecule has 0 aliphatic carbocycles. The number of amides is 1. The van der Waals surface area contributed by atoms with E-state index in [0.717, 1.165) is 50.5 Å². The summed E-state index contributed by atoms with van der Waals surface area (Å²) < 4.78 is 2.32. The van der Waals surface area contributed by atoms with Crippen LogP contribution in [0.25, 0.3) is 0 Å². The number of likely N-dealkylation sites (tertiary alicyclic amines) is 1. The Bertz CT molecular complexity index is 468. The first kappa shape index (κ1) is 12.6. The van der Waals surface area contributed by atoms with Crippen LogP contribution < -0.4 is 0 Å². The summed E-state index contributed by atoms with van der Waals surface area (Å²) in [6, 6.07) is 0. The van der Waals surface area contributed by atoms with Crippen LogP contribution in [0.15, 0.2) is 0 Å². The Morgan fingerprint density at radius 2 is 2.05 bits per heavy atom. The molecule has 104 valence electrons. The largest absolute Gasteiger partial charge is 0.342 e. The van der Waals surface area contributed by atoms with E-state index >= 15 is 0 Å². The highest BCUT2D eigenvalue weighted by Gasteiger charge is 2.28. The molecular formula is C14H22N4O. The molecule has 1 unspecified atom stereocenters. The zero-order valence-corrected chi connectivity index (χ0v) is 11.6. The summed E-state index contributed by atoms with van der Waals surface area (Å²) in [6.07, 6.45) is 6.99. The van der Waals surface area contributed by atoms with Crippen LogP contribution in [0.2, 0.25) is 0 Å². The number of aromatic nitrogens is 3. The number of aryl methyl sites for hydroxylation is 1. The van der Waals surface area contributed by atoms with Gasteiger partial charge in [0.05, 0.1) is 0 Å². The second kappa shape index (κ2) is 5.31. The lowest BCUT2D eigenvalue weighted by molar-refractivity contribution is -0.130. The third-order valence-corrected chi connectivity index (χ3v) is 4.37. The molecule has 3 heterocycles. The SMILES string of the molecule is CC(=O)N1CCCC(c2nnc3n2CCCCC3)C1. The molecule has 1 amide bonds. The number of fused-ring (bicyclic) bond motifs is 1. The Kier molecular flexibility index (Phi) is 3.53. The highest BCUT2D eigenvalue weighted by Crippen LogP contribution is 2.27. The van der Waals surface area contributed by atoms with Crippen LogP contribution in [0.4, 0.5) is 0 Å². The van der Waals surface area contributed by atoms with Gasteiger partial charge in [0.2, 0.25) is 5.91 Å². The molecular weight excluding hydrogens is 240 g/mol. The number of hydrogen-bond donors (Lipinski definition) is 0. The molecule has 5 nitrogen and oxygen atoms in total. The summed E-state index contributed by atoms with van der Waals surface area (Å²) in [7, 11) is 0. The van der Waals surface area contributed by atoms with E-state index in [1.807, 2.05) is 4.90 Å². The molecule has 1 aromatic rings. The molecule has 0 bridgehead atoms. The molecule has 0 N–H and O–H groups in total. The summed E-state index contributed by atoms with van der Waals surface area (Å²) >= 11 is 0. The van der Waals surface area contributed by atoms with Gasteiger partial charge in [0.25, 0.3) is 0 Å². The minimum absolute atomic E-state index is 0.181. The normalized spacial score (nSPS) is 23.8. The van der Waals surface area contributed by atoms with Crippen LogP contribution >= 0.6 is 0 Å². The van der Waals surface area contributed by atoms with E-state index in [-0.39, 0.29) is 5.91 Å². The maximum Gasteiger partial charge on any atom is 0.219 e. The molecule has 3 rings (SSSR count). The maximum atomic E-state index is 11.5. The summed E-state index contributed by atoms with van der Waals surface area (Å²) in [5, 5.41) is 8.80. The molecule has 0 saturated carbocycles. The summed E-state index contributed by atoms with van der Waals surface area (Å²) in [5.74, 6) is 2.81. The van der Waals surface area contributed by atoms with Gasteiger partial charge in [-0.25, -0.2) is 0 Å². The van der Waals surface area contributed by atoms with Crippen molar-refractivity contribution in [3.8, 4) is 0 Å². The predicted octanol–water partition coefficient (Wildman–Crippen LogP) is 1.73. The zero-order valence-electron chi connectivity index (χ0n) is 11.6. The third-order valence-electron chi connectivity index (χ3n) is 4.37. The van der Waals surface area contributed by atoms with Crippen molar-refractivity contribution in [1.29, 1.82) is 0 Å². The van der Waals surface area contributed by atoms with Gasteiger partial charge in [-0.1, -0.05) is 6.42 Å². The van der Waals surface area contributed by atoms with Crippen molar-refractivity contribution in [2.24, 2.45) is 0 Å². The fourth-order valence-electron chi connectivity index (χ4n) is 3.28. The van der Waals surface area contributed by atoms with Crippen molar-refractivity contribution in [1.82, 2.24) is 19.7 Å². The van der Waals surface area contributed by atoms with E-state index in [4.69, 9.17) is 0 Å². The average molecular weight is 262 g/mol. The first-order valence-corrected chi connectivity index (χ1v) is 7.43. The van der Waals surface area contributed by atoms with Crippen LogP contribution in [0.1, 0.15) is 56.6 Å². The van der Waals surface area contributed by atoms with Gasteiger partial charge in [-0.05, 0) is 25.7 Å². The van der Waals surface area contributed by atoms with Gasteiger partial charge < -0.3 is 9.47 Å². The van der Waals surface area contributed by atoms with Crippen LogP contribution in [0.5, 0.6) is 0 Å². The van der Waals surface area contributed by atoms with Crippen molar-refractivity contribution < 1.29 is 4.79 Å². The number of nitrogens with zero attached hydrogens (tertiary/aromatic N) is 4. The predicted molar refractivity (Wildman–Crippen MR) is 71.8 cm³/mol. The molecule has 2 aliphatic rings. The first-order chi connectivity index (χ1) is 9.25. The fraction of sp³-hybridized carbons (Fsp3) is 0.786. The van der Waals surface area contributed by atoms with E-state index < -0.39 is 0 Å². The summed E-state index contributed by atoms with van der Waals surface area (Å²) in [4.78, 5) is 13.5. The standard InChI is InChI=1S/C14H22N4O/c1-11(19)17-8-5-6-12(10-17)14-16-15-13-7-3-2-4-9-18(13)14/h12H,2-10H2,1H3. The Morgan fingerprint density at radius 1 is 1.16 bits per heavy atom. The van der Waals surface area contributed by atoms with Gasteiger partial charge in [0.15, 0.2) is 0 Å². The number of piperidine rings is 1. The van der Waals surface area contributed by atoms with Gasteiger partial charge in [-0.2, -0.15) is 0 Å². The Labute approximate surface area is 114 Å². The van der Waals surface area contributed by atoms with E-state index in [2.05, 4.69) is 14.8 Å². The lowest BCUT2D eigenvalue weighted by Crippen LogP contribution is -2.38. The van der Waals surface area contributed by atoms with Gasteiger partial charge in [-0.3, -0.25) is 4.79 Å². The van der Waals surface area contributed by atoms with Crippen molar-refractivity contribution >= 4 is 5.91 Å². The minimum atomic E-state index is 0.181. The molecule has 19 heavy (non-hydrogen) atoms. The maximum absolute atomic E-state index is 11.5. The molecule has 2 aliphatic heterocycles. The van der Waals surface area contributed by atoms with E-state index in [1.54, 1.807) is 6.92 Å². The van der Waals surface area contributed by atoms with Crippen molar-refractivity contribution in [3.05, 3.63) is 11.6 Å². The lowest BCUT2D eigenvalue weighted by atomic mass is 9.97.